The molecule has 7 N–H and O–H groups in total. The number of aliphatic hydroxyl groups excluding tert-OH is 1. The fraction of sp³-hybridized carbons (Fsp3) is 0.966. The number of aliphatic hydroxyl groups is 1. The number of carbonyl (C=O) groups is 1. The van der Waals surface area contributed by atoms with E-state index in [4.69, 9.17) is 30.7 Å². The SMILES string of the molecule is CCCCCN(CCCCC)CCC(CO)(CCCC)C(=O)[O-].NC1CCCC1.NC1CCCC1.O=P([O-])(O)O.[Pt+2]. The van der Waals surface area contributed by atoms with E-state index in [1.807, 2.05) is 6.92 Å². The Kier molecular flexibility index (Phi) is 32.0. The van der Waals surface area contributed by atoms with E-state index in [0.717, 1.165) is 45.3 Å². The number of nitrogens with two attached hydrogens (primary N) is 2. The third-order valence-corrected chi connectivity index (χ3v) is 7.61. The predicted molar refractivity (Wildman–Crippen MR) is 159 cm³/mol. The average molecular weight is 791 g/mol. The van der Waals surface area contributed by atoms with E-state index >= 15 is 0 Å². The first-order valence-corrected chi connectivity index (χ1v) is 17.2. The van der Waals surface area contributed by atoms with Crippen molar-refractivity contribution < 1.29 is 55.3 Å². The molecule has 10 nitrogen and oxygen atoms in total. The summed E-state index contributed by atoms with van der Waals surface area (Å²) in [6.45, 7) is 8.91. The van der Waals surface area contributed by atoms with Gasteiger partial charge in [-0.3, -0.25) is 4.57 Å². The van der Waals surface area contributed by atoms with Gasteiger partial charge in [-0.1, -0.05) is 85.0 Å². The zero-order chi connectivity index (χ0) is 30.9. The molecule has 250 valence electrons. The Labute approximate surface area is 264 Å². The zero-order valence-corrected chi connectivity index (χ0v) is 29.2. The normalized spacial score (nSPS) is 16.8. The summed E-state index contributed by atoms with van der Waals surface area (Å²) in [6.07, 6.45) is 20.4. The summed E-state index contributed by atoms with van der Waals surface area (Å²) < 4.78 is 8.77. The van der Waals surface area contributed by atoms with Gasteiger partial charge in [0.25, 0.3) is 7.82 Å². The summed E-state index contributed by atoms with van der Waals surface area (Å²) in [5.74, 6) is -1.09. The van der Waals surface area contributed by atoms with Gasteiger partial charge in [0.15, 0.2) is 0 Å². The van der Waals surface area contributed by atoms with Gasteiger partial charge in [0.2, 0.25) is 0 Å². The summed E-state index contributed by atoms with van der Waals surface area (Å²) in [6, 6.07) is 1.09. The molecule has 0 amide bonds. The summed E-state index contributed by atoms with van der Waals surface area (Å²) in [7, 11) is -4.89. The second-order valence-electron chi connectivity index (χ2n) is 11.4. The van der Waals surface area contributed by atoms with E-state index in [-0.39, 0.29) is 27.7 Å². The van der Waals surface area contributed by atoms with E-state index in [2.05, 4.69) is 18.7 Å². The maximum atomic E-state index is 11.6. The number of hydrogen-bond donors (Lipinski definition) is 5. The quantitative estimate of drug-likeness (QED) is 0.115. The second kappa shape index (κ2) is 28.9. The van der Waals surface area contributed by atoms with E-state index < -0.39 is 19.2 Å². The van der Waals surface area contributed by atoms with Gasteiger partial charge in [-0.2, -0.15) is 0 Å². The van der Waals surface area contributed by atoms with Crippen molar-refractivity contribution in [3.8, 4) is 0 Å². The van der Waals surface area contributed by atoms with Crippen molar-refractivity contribution in [1.29, 1.82) is 0 Å². The van der Waals surface area contributed by atoms with Gasteiger partial charge in [0, 0.05) is 23.5 Å². The van der Waals surface area contributed by atoms with Crippen LogP contribution in [0, 0.1) is 5.41 Å². The van der Waals surface area contributed by atoms with Crippen LogP contribution in [0.3, 0.4) is 0 Å². The maximum Gasteiger partial charge on any atom is 2.00 e. The average Bonchev–Trinajstić information content (AvgIpc) is 3.57. The molecule has 0 aromatic carbocycles. The molecule has 0 saturated heterocycles. The molecule has 41 heavy (non-hydrogen) atoms. The molecular formula is C29H62N3O7PPt. The maximum absolute atomic E-state index is 11.6. The van der Waals surface area contributed by atoms with Gasteiger partial charge in [0.05, 0.1) is 6.61 Å². The summed E-state index contributed by atoms with van der Waals surface area (Å²) in [4.78, 5) is 36.9. The number of rotatable bonds is 16. The molecule has 2 aliphatic rings. The van der Waals surface area contributed by atoms with Gasteiger partial charge in [-0.25, -0.2) is 0 Å². The summed E-state index contributed by atoms with van der Waals surface area (Å²) >= 11 is 0. The number of nitrogens with zero attached hydrogens (tertiary/aromatic N) is 1. The Bertz CT molecular complexity index is 601. The minimum Gasteiger partial charge on any atom is -0.756 e. The van der Waals surface area contributed by atoms with Crippen LogP contribution in [-0.2, 0) is 30.4 Å². The number of unbranched alkanes of at least 4 members (excludes halogenated alkanes) is 5. The molecule has 0 radical (unpaired) electrons. The molecule has 0 spiro atoms. The summed E-state index contributed by atoms with van der Waals surface area (Å²) in [5.41, 5.74) is 10.0. The molecule has 2 rings (SSSR count). The molecule has 1 atom stereocenters. The first kappa shape index (κ1) is 45.5. The number of carboxylic acids is 1. The standard InChI is InChI=1S/C19H39NO3.2C5H11N.H3O4P.Pt/c1-4-7-10-14-20(15-11-8-5-2)16-13-19(17-21,18(22)23)12-9-6-3;2*6-5-3-1-2-4-5;1-5(2,3)4;/h21H,4-17H2,1-3H3,(H,22,23);2*5H,1-4,6H2;(H3,1,2,3,4);/q;;;;+2/p-2. The Morgan fingerprint density at radius 3 is 1.41 bits per heavy atom. The van der Waals surface area contributed by atoms with E-state index in [1.54, 1.807) is 0 Å². The van der Waals surface area contributed by atoms with Crippen molar-refractivity contribution in [3.63, 3.8) is 0 Å². The zero-order valence-electron chi connectivity index (χ0n) is 26.1. The molecule has 2 saturated carbocycles. The second-order valence-corrected chi connectivity index (χ2v) is 12.4. The third-order valence-electron chi connectivity index (χ3n) is 7.61. The topological polar surface area (TPSA) is 196 Å². The van der Waals surface area contributed by atoms with Crippen LogP contribution in [0.4, 0.5) is 0 Å². The molecule has 0 heterocycles. The van der Waals surface area contributed by atoms with Crippen molar-refractivity contribution in [2.45, 2.75) is 148 Å². The van der Waals surface area contributed by atoms with Crippen LogP contribution in [0.25, 0.3) is 0 Å². The number of phosphoric acid groups is 1. The Morgan fingerprint density at radius 2 is 1.17 bits per heavy atom. The largest absolute Gasteiger partial charge is 2.00 e. The number of carbonyl (C=O) groups excluding carboxylic acids is 1. The van der Waals surface area contributed by atoms with Crippen LogP contribution >= 0.6 is 7.82 Å². The molecule has 2 fully saturated rings. The van der Waals surface area contributed by atoms with E-state index in [1.165, 1.54) is 77.0 Å². The van der Waals surface area contributed by atoms with Gasteiger partial charge < -0.3 is 46.1 Å². The van der Waals surface area contributed by atoms with Crippen LogP contribution in [0.2, 0.25) is 0 Å². The molecular weight excluding hydrogens is 728 g/mol. The van der Waals surface area contributed by atoms with E-state index in [9.17, 15) is 15.0 Å². The minimum absolute atomic E-state index is 0. The van der Waals surface area contributed by atoms with Crippen LogP contribution in [0.15, 0.2) is 0 Å². The van der Waals surface area contributed by atoms with Gasteiger partial charge >= 0.3 is 21.1 Å². The predicted octanol–water partition coefficient (Wildman–Crippen LogP) is 3.19. The number of hydrogen-bond acceptors (Lipinski definition) is 8. The molecule has 12 heteroatoms. The third kappa shape index (κ3) is 29.9. The minimum atomic E-state index is -4.89. The Hall–Kier alpha value is 0.108. The van der Waals surface area contributed by atoms with Crippen molar-refractivity contribution >= 4 is 13.8 Å². The van der Waals surface area contributed by atoms with Crippen LogP contribution < -0.4 is 21.5 Å². The molecule has 0 aromatic rings. The van der Waals surface area contributed by atoms with Gasteiger partial charge in [-0.15, -0.1) is 0 Å². The van der Waals surface area contributed by atoms with Crippen molar-refractivity contribution in [3.05, 3.63) is 0 Å². The Balaban J connectivity index is -0.000000637. The van der Waals surface area contributed by atoms with E-state index in [0.29, 0.717) is 24.9 Å². The smallest absolute Gasteiger partial charge is 0.756 e. The fourth-order valence-corrected chi connectivity index (χ4v) is 4.86. The van der Waals surface area contributed by atoms with Crippen molar-refractivity contribution in [2.24, 2.45) is 16.9 Å². The molecule has 0 bridgehead atoms. The molecule has 0 aromatic heterocycles. The van der Waals surface area contributed by atoms with Crippen molar-refractivity contribution in [2.75, 3.05) is 26.2 Å². The monoisotopic (exact) mass is 790 g/mol. The van der Waals surface area contributed by atoms with Crippen LogP contribution in [0.5, 0.6) is 0 Å². The number of aliphatic carboxylic acids is 1. The Morgan fingerprint density at radius 1 is 0.805 bits per heavy atom. The van der Waals surface area contributed by atoms with Crippen molar-refractivity contribution in [1.82, 2.24) is 4.90 Å². The van der Waals surface area contributed by atoms with Gasteiger partial charge in [0.1, 0.15) is 0 Å². The van der Waals surface area contributed by atoms with Gasteiger partial charge in [-0.05, 0) is 71.0 Å². The molecule has 2 aliphatic carbocycles. The van der Waals surface area contributed by atoms with Crippen LogP contribution in [0.1, 0.15) is 136 Å². The fourth-order valence-electron chi connectivity index (χ4n) is 4.86. The first-order chi connectivity index (χ1) is 18.8. The molecule has 0 aliphatic heterocycles. The number of carboxylic acid groups (broad SMARTS) is 1. The molecule has 1 unspecified atom stereocenters. The van der Waals surface area contributed by atoms with Crippen LogP contribution in [-0.4, -0.2) is 64.1 Å². The first-order valence-electron chi connectivity index (χ1n) is 15.7. The summed E-state index contributed by atoms with van der Waals surface area (Å²) in [5, 5.41) is 21.3.